The molecule has 3 atom stereocenters. The molecule has 1 N–H and O–H groups in total. The molecule has 1 aromatic carbocycles. The fourth-order valence-corrected chi connectivity index (χ4v) is 3.88. The van der Waals surface area contributed by atoms with E-state index in [0.29, 0.717) is 6.04 Å². The summed E-state index contributed by atoms with van der Waals surface area (Å²) in [5.74, 6) is 1.82. The van der Waals surface area contributed by atoms with E-state index in [9.17, 15) is 0 Å². The second-order valence-corrected chi connectivity index (χ2v) is 7.11. The first kappa shape index (κ1) is 16.0. The van der Waals surface area contributed by atoms with Crippen LogP contribution in [0.1, 0.15) is 51.5 Å². The van der Waals surface area contributed by atoms with Gasteiger partial charge in [0.1, 0.15) is 0 Å². The number of hydrogen-bond acceptors (Lipinski definition) is 1. The van der Waals surface area contributed by atoms with Gasteiger partial charge in [-0.05, 0) is 55.3 Å². The zero-order valence-corrected chi connectivity index (χ0v) is 14.5. The van der Waals surface area contributed by atoms with E-state index in [2.05, 4.69) is 59.4 Å². The van der Waals surface area contributed by atoms with Crippen molar-refractivity contribution in [2.24, 2.45) is 11.8 Å². The van der Waals surface area contributed by atoms with Gasteiger partial charge >= 0.3 is 0 Å². The summed E-state index contributed by atoms with van der Waals surface area (Å²) >= 11 is 3.52. The van der Waals surface area contributed by atoms with Crippen LogP contribution in [0.25, 0.3) is 0 Å². The number of nitrogens with one attached hydrogen (secondary N) is 1. The third-order valence-corrected chi connectivity index (χ3v) is 5.33. The molecule has 0 amide bonds. The standard InChI is InChI=1S/C18H28BrN/c1-3-14-6-5-7-16(12-14)18(20-4-2)13-15-8-10-17(19)11-9-15/h8-11,14,16,18,20H,3-7,12-13H2,1-2H3. The molecule has 3 unspecified atom stereocenters. The minimum Gasteiger partial charge on any atom is -0.314 e. The zero-order valence-electron chi connectivity index (χ0n) is 12.9. The number of benzene rings is 1. The smallest absolute Gasteiger partial charge is 0.0175 e. The Morgan fingerprint density at radius 3 is 2.60 bits per heavy atom. The Morgan fingerprint density at radius 2 is 1.95 bits per heavy atom. The molecule has 20 heavy (non-hydrogen) atoms. The Kier molecular flexibility index (Phi) is 6.57. The molecule has 0 saturated heterocycles. The largest absolute Gasteiger partial charge is 0.314 e. The van der Waals surface area contributed by atoms with Gasteiger partial charge < -0.3 is 5.32 Å². The maximum Gasteiger partial charge on any atom is 0.0175 e. The van der Waals surface area contributed by atoms with Crippen molar-refractivity contribution in [2.75, 3.05) is 6.54 Å². The highest BCUT2D eigenvalue weighted by molar-refractivity contribution is 9.10. The summed E-state index contributed by atoms with van der Waals surface area (Å²) in [5.41, 5.74) is 1.46. The van der Waals surface area contributed by atoms with Crippen molar-refractivity contribution in [1.29, 1.82) is 0 Å². The zero-order chi connectivity index (χ0) is 14.4. The average molecular weight is 338 g/mol. The van der Waals surface area contributed by atoms with Gasteiger partial charge in [0.05, 0.1) is 0 Å². The van der Waals surface area contributed by atoms with Gasteiger partial charge in [-0.25, -0.2) is 0 Å². The Bertz CT molecular complexity index is 387. The lowest BCUT2D eigenvalue weighted by molar-refractivity contribution is 0.208. The maximum atomic E-state index is 3.75. The quantitative estimate of drug-likeness (QED) is 0.753. The highest BCUT2D eigenvalue weighted by Gasteiger charge is 2.27. The highest BCUT2D eigenvalue weighted by atomic mass is 79.9. The van der Waals surface area contributed by atoms with E-state index >= 15 is 0 Å². The lowest BCUT2D eigenvalue weighted by Gasteiger charge is -2.35. The van der Waals surface area contributed by atoms with Crippen molar-refractivity contribution in [3.05, 3.63) is 34.3 Å². The topological polar surface area (TPSA) is 12.0 Å². The van der Waals surface area contributed by atoms with Gasteiger partial charge in [0.25, 0.3) is 0 Å². The molecule has 1 fully saturated rings. The van der Waals surface area contributed by atoms with Crippen LogP contribution in [-0.2, 0) is 6.42 Å². The Morgan fingerprint density at radius 1 is 1.20 bits per heavy atom. The van der Waals surface area contributed by atoms with Crippen molar-refractivity contribution >= 4 is 15.9 Å². The van der Waals surface area contributed by atoms with Crippen molar-refractivity contribution in [3.8, 4) is 0 Å². The molecule has 0 aromatic heterocycles. The lowest BCUT2D eigenvalue weighted by Crippen LogP contribution is -2.40. The summed E-state index contributed by atoms with van der Waals surface area (Å²) in [6.07, 6.45) is 8.22. The van der Waals surface area contributed by atoms with Gasteiger partial charge in [-0.3, -0.25) is 0 Å². The van der Waals surface area contributed by atoms with Gasteiger partial charge in [-0.1, -0.05) is 61.2 Å². The minimum absolute atomic E-state index is 0.649. The van der Waals surface area contributed by atoms with Crippen molar-refractivity contribution in [2.45, 2.75) is 58.4 Å². The summed E-state index contributed by atoms with van der Waals surface area (Å²) in [4.78, 5) is 0. The van der Waals surface area contributed by atoms with Crippen LogP contribution in [0.2, 0.25) is 0 Å². The molecular formula is C18H28BrN. The van der Waals surface area contributed by atoms with E-state index in [1.165, 1.54) is 48.6 Å². The van der Waals surface area contributed by atoms with Gasteiger partial charge in [0.2, 0.25) is 0 Å². The van der Waals surface area contributed by atoms with E-state index in [1.807, 2.05) is 0 Å². The molecule has 1 saturated carbocycles. The molecule has 1 nitrogen and oxygen atoms in total. The third-order valence-electron chi connectivity index (χ3n) is 4.80. The lowest BCUT2D eigenvalue weighted by atomic mass is 9.75. The summed E-state index contributed by atoms with van der Waals surface area (Å²) in [5, 5.41) is 3.75. The van der Waals surface area contributed by atoms with Crippen molar-refractivity contribution < 1.29 is 0 Å². The van der Waals surface area contributed by atoms with E-state index in [4.69, 9.17) is 0 Å². The second kappa shape index (κ2) is 8.19. The van der Waals surface area contributed by atoms with Crippen LogP contribution < -0.4 is 5.32 Å². The predicted molar refractivity (Wildman–Crippen MR) is 91.0 cm³/mol. The van der Waals surface area contributed by atoms with Crippen LogP contribution in [0.4, 0.5) is 0 Å². The first-order valence-electron chi connectivity index (χ1n) is 8.20. The van der Waals surface area contributed by atoms with Crippen molar-refractivity contribution in [3.63, 3.8) is 0 Å². The second-order valence-electron chi connectivity index (χ2n) is 6.20. The van der Waals surface area contributed by atoms with Crippen LogP contribution in [-0.4, -0.2) is 12.6 Å². The third kappa shape index (κ3) is 4.60. The first-order valence-corrected chi connectivity index (χ1v) is 9.00. The summed E-state index contributed by atoms with van der Waals surface area (Å²) in [7, 11) is 0. The SMILES string of the molecule is CCNC(Cc1ccc(Br)cc1)C1CCCC(CC)C1. The molecule has 1 aliphatic carbocycles. The van der Waals surface area contributed by atoms with Crippen LogP contribution in [0.15, 0.2) is 28.7 Å². The van der Waals surface area contributed by atoms with Gasteiger partial charge in [-0.15, -0.1) is 0 Å². The number of halogens is 1. The fraction of sp³-hybridized carbons (Fsp3) is 0.667. The van der Waals surface area contributed by atoms with Crippen molar-refractivity contribution in [1.82, 2.24) is 5.32 Å². The molecule has 1 aromatic rings. The molecule has 0 bridgehead atoms. The molecule has 0 heterocycles. The molecule has 0 radical (unpaired) electrons. The Balaban J connectivity index is 2.00. The molecular weight excluding hydrogens is 310 g/mol. The van der Waals surface area contributed by atoms with E-state index in [1.54, 1.807) is 0 Å². The van der Waals surface area contributed by atoms with Gasteiger partial charge in [0.15, 0.2) is 0 Å². The number of likely N-dealkylation sites (N-methyl/N-ethyl adjacent to an activating group) is 1. The average Bonchev–Trinajstić information content (AvgIpc) is 2.49. The molecule has 2 heteroatoms. The molecule has 2 rings (SSSR count). The summed E-state index contributed by atoms with van der Waals surface area (Å²) in [6, 6.07) is 9.49. The Hall–Kier alpha value is -0.340. The monoisotopic (exact) mass is 337 g/mol. The Labute approximate surface area is 132 Å². The predicted octanol–water partition coefficient (Wildman–Crippen LogP) is 5.19. The van der Waals surface area contributed by atoms with E-state index in [-0.39, 0.29) is 0 Å². The van der Waals surface area contributed by atoms with Crippen LogP contribution in [0.3, 0.4) is 0 Å². The molecule has 1 aliphatic rings. The molecule has 0 aliphatic heterocycles. The normalized spacial score (nSPS) is 24.6. The number of hydrogen-bond donors (Lipinski definition) is 1. The van der Waals surface area contributed by atoms with E-state index in [0.717, 1.165) is 18.4 Å². The van der Waals surface area contributed by atoms with E-state index < -0.39 is 0 Å². The van der Waals surface area contributed by atoms with Crippen LogP contribution in [0.5, 0.6) is 0 Å². The maximum absolute atomic E-state index is 3.75. The van der Waals surface area contributed by atoms with Gasteiger partial charge in [-0.2, -0.15) is 0 Å². The first-order chi connectivity index (χ1) is 9.72. The van der Waals surface area contributed by atoms with Crippen LogP contribution in [0, 0.1) is 11.8 Å². The number of rotatable bonds is 6. The highest BCUT2D eigenvalue weighted by Crippen LogP contribution is 2.33. The van der Waals surface area contributed by atoms with Crippen LogP contribution >= 0.6 is 15.9 Å². The molecule has 112 valence electrons. The van der Waals surface area contributed by atoms with Gasteiger partial charge in [0, 0.05) is 10.5 Å². The fourth-order valence-electron chi connectivity index (χ4n) is 3.61. The molecule has 0 spiro atoms. The summed E-state index contributed by atoms with van der Waals surface area (Å²) < 4.78 is 1.17. The minimum atomic E-state index is 0.649. The summed E-state index contributed by atoms with van der Waals surface area (Å²) in [6.45, 7) is 5.66.